The molecule has 0 bridgehead atoms. The van der Waals surface area contributed by atoms with Crippen molar-refractivity contribution >= 4 is 29.8 Å². The molecule has 7 aromatic rings. The van der Waals surface area contributed by atoms with Crippen molar-refractivity contribution in [3.63, 3.8) is 0 Å². The molecule has 15 atom stereocenters. The quantitative estimate of drug-likeness (QED) is 0.0345. The number of hydrogen-bond donors (Lipinski definition) is 0. The summed E-state index contributed by atoms with van der Waals surface area (Å²) in [5, 5.41) is 0. The molecule has 0 N–H and O–H groups in total. The lowest BCUT2D eigenvalue weighted by Gasteiger charge is -2.53. The first-order valence-corrected chi connectivity index (χ1v) is 32.0. The molecule has 4 aliphatic heterocycles. The summed E-state index contributed by atoms with van der Waals surface area (Å²) in [5.41, 5.74) is 4.82. The highest BCUT2D eigenvalue weighted by Crippen LogP contribution is 2.41. The molecule has 11 rings (SSSR count). The number of Topliss-reactive ketones (excluding diaryl/α,β-unsaturated/α-hetero) is 1. The molecule has 95 heavy (non-hydrogen) atoms. The number of piperidine rings is 1. The minimum absolute atomic E-state index is 0.0450. The molecule has 20 heteroatoms. The normalized spacial score (nSPS) is 26.5. The Morgan fingerprint density at radius 1 is 0.474 bits per heavy atom. The van der Waals surface area contributed by atoms with E-state index in [1.54, 1.807) is 30.3 Å². The van der Waals surface area contributed by atoms with E-state index < -0.39 is 116 Å². The third kappa shape index (κ3) is 18.5. The van der Waals surface area contributed by atoms with Crippen LogP contribution in [0.15, 0.2) is 212 Å². The van der Waals surface area contributed by atoms with E-state index in [1.807, 2.05) is 189 Å². The summed E-state index contributed by atoms with van der Waals surface area (Å²) in [5.74, 6) is -2.69. The van der Waals surface area contributed by atoms with Gasteiger partial charge in [-0.25, -0.2) is 9.59 Å². The number of benzene rings is 7. The van der Waals surface area contributed by atoms with Crippen molar-refractivity contribution in [2.45, 2.75) is 159 Å². The molecule has 4 fully saturated rings. The molecular weight excluding hydrogens is 1220 g/mol. The number of esters is 3. The number of amides is 1. The Balaban J connectivity index is 1.04. The molecule has 0 aliphatic carbocycles. The molecule has 1 amide bonds. The molecule has 4 aliphatic rings. The number of hydrogen-bond acceptors (Lipinski definition) is 19. The zero-order chi connectivity index (χ0) is 65.9. The summed E-state index contributed by atoms with van der Waals surface area (Å²) < 4.78 is 94.9. The lowest BCUT2D eigenvalue weighted by molar-refractivity contribution is -0.382. The van der Waals surface area contributed by atoms with Crippen molar-refractivity contribution in [1.82, 2.24) is 4.90 Å². The maximum atomic E-state index is 15.2. The third-order valence-corrected chi connectivity index (χ3v) is 16.7. The summed E-state index contributed by atoms with van der Waals surface area (Å²) in [6.07, 6.45) is -19.1. The molecule has 0 saturated carbocycles. The molecule has 4 heterocycles. The number of ether oxygens (including phenoxy) is 14. The maximum Gasteiger partial charge on any atom is 0.410 e. The topological polar surface area (TPSA) is 218 Å². The van der Waals surface area contributed by atoms with E-state index in [0.717, 1.165) is 22.3 Å². The molecule has 498 valence electrons. The summed E-state index contributed by atoms with van der Waals surface area (Å²) in [4.78, 5) is 71.8. The van der Waals surface area contributed by atoms with Crippen LogP contribution in [0.25, 0.3) is 0 Å². The lowest BCUT2D eigenvalue weighted by atomic mass is 9.92. The Morgan fingerprint density at radius 2 is 0.968 bits per heavy atom. The molecule has 20 nitrogen and oxygen atoms in total. The smallest absolute Gasteiger partial charge is 0.410 e. The fourth-order valence-corrected chi connectivity index (χ4v) is 12.0. The van der Waals surface area contributed by atoms with Crippen LogP contribution in [0.5, 0.6) is 0 Å². The van der Waals surface area contributed by atoms with Gasteiger partial charge in [0.05, 0.1) is 70.3 Å². The predicted molar refractivity (Wildman–Crippen MR) is 342 cm³/mol. The van der Waals surface area contributed by atoms with Gasteiger partial charge in [0.25, 0.3) is 0 Å². The Bertz CT molecular complexity index is 3530. The van der Waals surface area contributed by atoms with Crippen molar-refractivity contribution in [3.05, 3.63) is 251 Å². The van der Waals surface area contributed by atoms with E-state index in [-0.39, 0.29) is 77.0 Å². The molecule has 4 saturated heterocycles. The summed E-state index contributed by atoms with van der Waals surface area (Å²) >= 11 is 0. The number of carbonyl (C=O) groups is 5. The van der Waals surface area contributed by atoms with Gasteiger partial charge in [-0.1, -0.05) is 200 Å². The second-order valence-corrected chi connectivity index (χ2v) is 23.7. The standard InChI is InChI=1S/C75H79NO19/c1-49(77)39-40-62(79)91-68-66-61(48-86-72(94-66)58-37-23-10-24-38-58)90-74(70(68)92-71(80)57-35-21-9-22-36-57)93-64-59(47-82-42-52-25-11-4-12-26-52)76(75(81)87-46-56-33-19-8-20-34-56)41-60(89-51(3)78)65(64)95-73-69(85-45-55-31-17-7-18-32-55)67(84-44-54-29-15-6-16-30-54)63(50(2)88-73)83-43-53-27-13-5-14-28-53/h4-38,50,59-61,63-70,72-74H,39-48H2,1-3H3/t50-,59-,60+,61-,63+,64-,65-,66+,67+,68+,69-,70-,72?,73-,74+/m1/s1. The van der Waals surface area contributed by atoms with Gasteiger partial charge in [0.15, 0.2) is 31.1 Å². The number of rotatable bonds is 27. The number of carbonyl (C=O) groups excluding carboxylic acids is 5. The Labute approximate surface area is 552 Å². The second kappa shape index (κ2) is 33.7. The SMILES string of the molecule is CC(=O)CCC(=O)O[C@H]1[C@H]2OC(c3ccccc3)OC[C@H]2O[C@@H](O[C@H]2[C@H](O[C@H]3O[C@H](C)[C@H](OCc4ccccc4)[C@H](OCc4ccccc4)[C@H]3OCc3ccccc3)[C@@H](OC(C)=O)CN(C(=O)OCc3ccccc3)[C@@H]2COCc2ccccc2)[C@@H]1OC(=O)c1ccccc1. The molecule has 0 spiro atoms. The number of nitrogens with zero attached hydrogens (tertiary/aromatic N) is 1. The van der Waals surface area contributed by atoms with E-state index in [1.165, 1.54) is 18.7 Å². The maximum absolute atomic E-state index is 15.2. The van der Waals surface area contributed by atoms with Gasteiger partial charge in [0, 0.05) is 18.9 Å². The number of ketones is 1. The fraction of sp³-hybridized carbons (Fsp3) is 0.373. The zero-order valence-corrected chi connectivity index (χ0v) is 53.1. The van der Waals surface area contributed by atoms with Crippen molar-refractivity contribution in [2.75, 3.05) is 19.8 Å². The van der Waals surface area contributed by atoms with Crippen molar-refractivity contribution < 1.29 is 90.3 Å². The van der Waals surface area contributed by atoms with Crippen molar-refractivity contribution in [3.8, 4) is 0 Å². The largest absolute Gasteiger partial charge is 0.458 e. The van der Waals surface area contributed by atoms with Gasteiger partial charge in [-0.05, 0) is 53.8 Å². The van der Waals surface area contributed by atoms with E-state index in [9.17, 15) is 19.2 Å². The van der Waals surface area contributed by atoms with E-state index in [0.29, 0.717) is 11.1 Å². The van der Waals surface area contributed by atoms with Gasteiger partial charge in [0.1, 0.15) is 61.2 Å². The van der Waals surface area contributed by atoms with E-state index >= 15 is 4.79 Å². The lowest BCUT2D eigenvalue weighted by Crippen LogP contribution is -2.70. The van der Waals surface area contributed by atoms with Crippen LogP contribution >= 0.6 is 0 Å². The first kappa shape index (κ1) is 67.9. The van der Waals surface area contributed by atoms with E-state index in [2.05, 4.69) is 0 Å². The Hall–Kier alpha value is -8.51. The van der Waals surface area contributed by atoms with Gasteiger partial charge in [-0.2, -0.15) is 0 Å². The predicted octanol–water partition coefficient (Wildman–Crippen LogP) is 10.8. The van der Waals surface area contributed by atoms with E-state index in [4.69, 9.17) is 66.3 Å². The fourth-order valence-electron chi connectivity index (χ4n) is 12.0. The second-order valence-electron chi connectivity index (χ2n) is 23.7. The summed E-state index contributed by atoms with van der Waals surface area (Å²) in [6.45, 7) is 3.87. The van der Waals surface area contributed by atoms with Gasteiger partial charge in [0.2, 0.25) is 0 Å². The Morgan fingerprint density at radius 3 is 1.53 bits per heavy atom. The van der Waals surface area contributed by atoms with Crippen LogP contribution in [-0.2, 0) is 114 Å². The average molecular weight is 1300 g/mol. The van der Waals surface area contributed by atoms with Crippen LogP contribution in [0, 0.1) is 0 Å². The van der Waals surface area contributed by atoms with Gasteiger partial charge in [-0.3, -0.25) is 14.5 Å². The summed E-state index contributed by atoms with van der Waals surface area (Å²) in [7, 11) is 0. The molecule has 0 radical (unpaired) electrons. The van der Waals surface area contributed by atoms with Crippen LogP contribution < -0.4 is 0 Å². The van der Waals surface area contributed by atoms with Crippen LogP contribution in [0.3, 0.4) is 0 Å². The highest BCUT2D eigenvalue weighted by Gasteiger charge is 2.59. The number of likely N-dealkylation sites (tertiary alicyclic amines) is 1. The monoisotopic (exact) mass is 1300 g/mol. The highest BCUT2D eigenvalue weighted by atomic mass is 16.8. The van der Waals surface area contributed by atoms with Crippen LogP contribution in [-0.4, -0.2) is 140 Å². The van der Waals surface area contributed by atoms with Crippen LogP contribution in [0.1, 0.15) is 83.6 Å². The molecular formula is C75H79NO19. The minimum Gasteiger partial charge on any atom is -0.458 e. The van der Waals surface area contributed by atoms with Gasteiger partial charge < -0.3 is 71.1 Å². The van der Waals surface area contributed by atoms with Crippen molar-refractivity contribution in [2.24, 2.45) is 0 Å². The number of fused-ring (bicyclic) bond motifs is 1. The first-order valence-electron chi connectivity index (χ1n) is 32.0. The van der Waals surface area contributed by atoms with Crippen molar-refractivity contribution in [1.29, 1.82) is 0 Å². The zero-order valence-electron chi connectivity index (χ0n) is 53.1. The average Bonchev–Trinajstić information content (AvgIpc) is 0.761. The van der Waals surface area contributed by atoms with Gasteiger partial charge in [-0.15, -0.1) is 0 Å². The van der Waals surface area contributed by atoms with Crippen LogP contribution in [0.4, 0.5) is 4.79 Å². The van der Waals surface area contributed by atoms with Gasteiger partial charge >= 0.3 is 24.0 Å². The first-order chi connectivity index (χ1) is 46.4. The van der Waals surface area contributed by atoms with Crippen LogP contribution in [0.2, 0.25) is 0 Å². The molecule has 1 unspecified atom stereocenters. The highest BCUT2D eigenvalue weighted by molar-refractivity contribution is 5.89. The molecule has 7 aromatic carbocycles. The minimum atomic E-state index is -1.77. The Kier molecular flexibility index (Phi) is 24.1. The third-order valence-electron chi connectivity index (χ3n) is 16.7. The summed E-state index contributed by atoms with van der Waals surface area (Å²) in [6, 6.07) is 63.4. The molecule has 0 aromatic heterocycles.